The van der Waals surface area contributed by atoms with E-state index in [0.29, 0.717) is 6.04 Å². The molecule has 1 heterocycles. The van der Waals surface area contributed by atoms with Gasteiger partial charge < -0.3 is 5.73 Å². The van der Waals surface area contributed by atoms with Gasteiger partial charge in [0.15, 0.2) is 0 Å². The van der Waals surface area contributed by atoms with Crippen LogP contribution in [0.2, 0.25) is 0 Å². The van der Waals surface area contributed by atoms with Crippen molar-refractivity contribution in [2.24, 2.45) is 35.3 Å². The molecule has 104 valence electrons. The molecule has 4 saturated carbocycles. The number of aryl methyl sites for hydroxylation is 1. The van der Waals surface area contributed by atoms with Gasteiger partial charge in [0.25, 0.3) is 0 Å². The van der Waals surface area contributed by atoms with Crippen molar-refractivity contribution in [2.45, 2.75) is 51.5 Å². The molecule has 5 rings (SSSR count). The van der Waals surface area contributed by atoms with Crippen LogP contribution >= 0.6 is 11.3 Å². The Balaban J connectivity index is 1.58. The average Bonchev–Trinajstić information content (AvgIpc) is 2.86. The standard InChI is InChI=1S/C17H25NS/c1-2-14-3-4-15(19-14)17(18)16-12-6-10-5-11(8-12)9-13(16)7-10/h3-4,10-13,16-17H,2,5-9,18H2,1H3. The maximum atomic E-state index is 6.70. The molecule has 1 nitrogen and oxygen atoms in total. The van der Waals surface area contributed by atoms with Crippen LogP contribution in [0.3, 0.4) is 0 Å². The van der Waals surface area contributed by atoms with Crippen LogP contribution < -0.4 is 5.73 Å². The molecule has 1 aromatic heterocycles. The molecule has 4 fully saturated rings. The van der Waals surface area contributed by atoms with Crippen LogP contribution in [0, 0.1) is 29.6 Å². The van der Waals surface area contributed by atoms with E-state index in [1.165, 1.54) is 41.9 Å². The number of hydrogen-bond acceptors (Lipinski definition) is 2. The van der Waals surface area contributed by atoms with E-state index in [1.807, 2.05) is 11.3 Å². The van der Waals surface area contributed by atoms with Gasteiger partial charge in [-0.1, -0.05) is 6.92 Å². The number of rotatable bonds is 3. The Hall–Kier alpha value is -0.340. The summed E-state index contributed by atoms with van der Waals surface area (Å²) in [4.78, 5) is 2.95. The molecule has 1 atom stereocenters. The smallest absolute Gasteiger partial charge is 0.0423 e. The van der Waals surface area contributed by atoms with Gasteiger partial charge >= 0.3 is 0 Å². The molecule has 0 saturated heterocycles. The van der Waals surface area contributed by atoms with Crippen molar-refractivity contribution in [2.75, 3.05) is 0 Å². The van der Waals surface area contributed by atoms with Gasteiger partial charge in [-0.25, -0.2) is 0 Å². The van der Waals surface area contributed by atoms with Gasteiger partial charge in [0.05, 0.1) is 0 Å². The van der Waals surface area contributed by atoms with Crippen LogP contribution in [0.5, 0.6) is 0 Å². The largest absolute Gasteiger partial charge is 0.323 e. The fourth-order valence-electron chi connectivity index (χ4n) is 5.51. The summed E-state index contributed by atoms with van der Waals surface area (Å²) in [5.41, 5.74) is 6.70. The molecule has 4 bridgehead atoms. The quantitative estimate of drug-likeness (QED) is 0.870. The zero-order valence-corrected chi connectivity index (χ0v) is 12.7. The zero-order valence-electron chi connectivity index (χ0n) is 11.8. The predicted molar refractivity (Wildman–Crippen MR) is 81.2 cm³/mol. The summed E-state index contributed by atoms with van der Waals surface area (Å²) < 4.78 is 0. The lowest BCUT2D eigenvalue weighted by Gasteiger charge is -2.55. The molecule has 0 radical (unpaired) electrons. The topological polar surface area (TPSA) is 26.0 Å². The van der Waals surface area contributed by atoms with Crippen molar-refractivity contribution in [3.63, 3.8) is 0 Å². The predicted octanol–water partition coefficient (Wildman–Crippen LogP) is 4.38. The molecule has 4 aliphatic rings. The molecule has 0 aliphatic heterocycles. The lowest BCUT2D eigenvalue weighted by Crippen LogP contribution is -2.48. The molecule has 0 amide bonds. The van der Waals surface area contributed by atoms with Gasteiger partial charge in [-0.3, -0.25) is 0 Å². The first-order chi connectivity index (χ1) is 9.24. The van der Waals surface area contributed by atoms with E-state index in [2.05, 4.69) is 19.1 Å². The lowest BCUT2D eigenvalue weighted by molar-refractivity contribution is -0.0467. The van der Waals surface area contributed by atoms with E-state index in [9.17, 15) is 0 Å². The van der Waals surface area contributed by atoms with Gasteiger partial charge in [-0.2, -0.15) is 0 Å². The molecule has 1 aromatic rings. The summed E-state index contributed by atoms with van der Waals surface area (Å²) in [5, 5.41) is 0. The molecule has 2 heteroatoms. The van der Waals surface area contributed by atoms with Crippen LogP contribution in [0.4, 0.5) is 0 Å². The van der Waals surface area contributed by atoms with Gasteiger partial charge in [-0.15, -0.1) is 11.3 Å². The third-order valence-corrected chi connectivity index (χ3v) is 7.40. The van der Waals surface area contributed by atoms with Crippen molar-refractivity contribution >= 4 is 11.3 Å². The Morgan fingerprint density at radius 1 is 1.11 bits per heavy atom. The zero-order chi connectivity index (χ0) is 13.0. The number of nitrogens with two attached hydrogens (primary N) is 1. The van der Waals surface area contributed by atoms with Gasteiger partial charge in [0.1, 0.15) is 0 Å². The second kappa shape index (κ2) is 4.60. The van der Waals surface area contributed by atoms with Gasteiger partial charge in [0, 0.05) is 15.8 Å². The minimum Gasteiger partial charge on any atom is -0.323 e. The highest BCUT2D eigenvalue weighted by Crippen LogP contribution is 2.59. The normalized spacial score (nSPS) is 41.7. The lowest BCUT2D eigenvalue weighted by atomic mass is 9.50. The van der Waals surface area contributed by atoms with E-state index < -0.39 is 0 Å². The maximum absolute atomic E-state index is 6.70. The van der Waals surface area contributed by atoms with E-state index in [1.54, 1.807) is 0 Å². The SMILES string of the molecule is CCc1ccc(C(N)C2C3CC4CC(C3)CC2C4)s1. The molecular weight excluding hydrogens is 250 g/mol. The van der Waals surface area contributed by atoms with E-state index >= 15 is 0 Å². The molecule has 2 N–H and O–H groups in total. The first kappa shape index (κ1) is 12.4. The second-order valence-corrected chi connectivity index (χ2v) is 8.39. The first-order valence-electron chi connectivity index (χ1n) is 8.08. The fourth-order valence-corrected chi connectivity index (χ4v) is 6.52. The Labute approximate surface area is 120 Å². The summed E-state index contributed by atoms with van der Waals surface area (Å²) in [7, 11) is 0. The first-order valence-corrected chi connectivity index (χ1v) is 8.90. The Kier molecular flexibility index (Phi) is 3.00. The molecule has 19 heavy (non-hydrogen) atoms. The van der Waals surface area contributed by atoms with Crippen molar-refractivity contribution in [1.29, 1.82) is 0 Å². The molecular formula is C17H25NS. The molecule has 0 spiro atoms. The molecule has 1 unspecified atom stereocenters. The van der Waals surface area contributed by atoms with Crippen molar-refractivity contribution in [1.82, 2.24) is 0 Å². The van der Waals surface area contributed by atoms with Crippen molar-refractivity contribution < 1.29 is 0 Å². The monoisotopic (exact) mass is 275 g/mol. The minimum atomic E-state index is 0.320. The minimum absolute atomic E-state index is 0.320. The number of hydrogen-bond donors (Lipinski definition) is 1. The summed E-state index contributed by atoms with van der Waals surface area (Å²) in [5.74, 6) is 4.79. The Bertz CT molecular complexity index is 436. The third-order valence-electron chi connectivity index (χ3n) is 6.07. The molecule has 0 aromatic carbocycles. The van der Waals surface area contributed by atoms with Gasteiger partial charge in [0.2, 0.25) is 0 Å². The Morgan fingerprint density at radius 2 is 1.74 bits per heavy atom. The van der Waals surface area contributed by atoms with E-state index in [4.69, 9.17) is 5.73 Å². The third kappa shape index (κ3) is 1.99. The van der Waals surface area contributed by atoms with E-state index in [-0.39, 0.29) is 0 Å². The highest BCUT2D eigenvalue weighted by atomic mass is 32.1. The second-order valence-electron chi connectivity index (χ2n) is 7.19. The van der Waals surface area contributed by atoms with Crippen molar-refractivity contribution in [3.8, 4) is 0 Å². The highest BCUT2D eigenvalue weighted by Gasteiger charge is 2.50. The summed E-state index contributed by atoms with van der Waals surface area (Å²) in [6, 6.07) is 4.91. The summed E-state index contributed by atoms with van der Waals surface area (Å²) in [6.07, 6.45) is 8.62. The van der Waals surface area contributed by atoms with Gasteiger partial charge in [-0.05, 0) is 80.2 Å². The summed E-state index contributed by atoms with van der Waals surface area (Å²) >= 11 is 1.96. The van der Waals surface area contributed by atoms with Crippen LogP contribution in [0.1, 0.15) is 54.8 Å². The molecule has 4 aliphatic carbocycles. The average molecular weight is 275 g/mol. The van der Waals surface area contributed by atoms with E-state index in [0.717, 1.165) is 36.0 Å². The van der Waals surface area contributed by atoms with Crippen molar-refractivity contribution in [3.05, 3.63) is 21.9 Å². The van der Waals surface area contributed by atoms with Crippen LogP contribution in [0.15, 0.2) is 12.1 Å². The van der Waals surface area contributed by atoms with Crippen LogP contribution in [0.25, 0.3) is 0 Å². The number of thiophene rings is 1. The Morgan fingerprint density at radius 3 is 2.26 bits per heavy atom. The van der Waals surface area contributed by atoms with Crippen LogP contribution in [-0.4, -0.2) is 0 Å². The maximum Gasteiger partial charge on any atom is 0.0423 e. The summed E-state index contributed by atoms with van der Waals surface area (Å²) in [6.45, 7) is 2.24. The fraction of sp³-hybridized carbons (Fsp3) is 0.765. The van der Waals surface area contributed by atoms with Crippen LogP contribution in [-0.2, 0) is 6.42 Å². The highest BCUT2D eigenvalue weighted by molar-refractivity contribution is 7.12.